The molecule has 1 amide bonds. The second-order valence-corrected chi connectivity index (χ2v) is 5.23. The van der Waals surface area contributed by atoms with Crippen LogP contribution in [0.4, 0.5) is 5.69 Å². The number of esters is 1. The molecular weight excluding hydrogens is 336 g/mol. The van der Waals surface area contributed by atoms with Crippen LogP contribution in [0.5, 0.6) is 0 Å². The Kier molecular flexibility index (Phi) is 4.59. The number of halogens is 1. The highest BCUT2D eigenvalue weighted by atomic mass is 79.9. The summed E-state index contributed by atoms with van der Waals surface area (Å²) in [5.41, 5.74) is 12.8. The average Bonchev–Trinajstić information content (AvgIpc) is 2.48. The highest BCUT2D eigenvalue weighted by Crippen LogP contribution is 2.20. The molecule has 0 aromatic heterocycles. The van der Waals surface area contributed by atoms with E-state index < -0.39 is 11.9 Å². The maximum atomic E-state index is 11.9. The molecule has 0 unspecified atom stereocenters. The first-order valence-electron chi connectivity index (χ1n) is 6.08. The van der Waals surface area contributed by atoms with Crippen molar-refractivity contribution >= 4 is 33.5 Å². The number of primary amides is 1. The third-order valence-corrected chi connectivity index (χ3v) is 3.54. The van der Waals surface area contributed by atoms with E-state index in [1.165, 1.54) is 6.07 Å². The van der Waals surface area contributed by atoms with Crippen molar-refractivity contribution in [3.63, 3.8) is 0 Å². The lowest BCUT2D eigenvalue weighted by Crippen LogP contribution is -2.11. The third kappa shape index (κ3) is 3.82. The summed E-state index contributed by atoms with van der Waals surface area (Å²) in [5, 5.41) is 0. The molecule has 2 rings (SSSR count). The minimum atomic E-state index is -0.524. The van der Waals surface area contributed by atoms with Gasteiger partial charge in [-0.15, -0.1) is 0 Å². The summed E-state index contributed by atoms with van der Waals surface area (Å²) >= 11 is 3.25. The summed E-state index contributed by atoms with van der Waals surface area (Å²) in [5.74, 6) is -1.01. The van der Waals surface area contributed by atoms with Gasteiger partial charge in [0, 0.05) is 15.7 Å². The van der Waals surface area contributed by atoms with E-state index in [0.29, 0.717) is 26.9 Å². The van der Waals surface area contributed by atoms with Crippen LogP contribution in [0, 0.1) is 0 Å². The number of benzene rings is 2. The Morgan fingerprint density at radius 2 is 1.86 bits per heavy atom. The fourth-order valence-electron chi connectivity index (χ4n) is 1.72. The van der Waals surface area contributed by atoms with Crippen LogP contribution in [-0.4, -0.2) is 11.9 Å². The van der Waals surface area contributed by atoms with Gasteiger partial charge in [0.05, 0.1) is 5.56 Å². The SMILES string of the molecule is NC(=O)c1cccc(COC(=O)c2ccc(Br)c(N)c2)c1. The quantitative estimate of drug-likeness (QED) is 0.655. The zero-order valence-electron chi connectivity index (χ0n) is 11.0. The van der Waals surface area contributed by atoms with Crippen LogP contribution in [-0.2, 0) is 11.3 Å². The first-order chi connectivity index (χ1) is 9.97. The van der Waals surface area contributed by atoms with Crippen LogP contribution in [0.25, 0.3) is 0 Å². The topological polar surface area (TPSA) is 95.4 Å². The molecule has 0 aliphatic heterocycles. The van der Waals surface area contributed by atoms with Crippen molar-refractivity contribution in [3.8, 4) is 0 Å². The van der Waals surface area contributed by atoms with Crippen molar-refractivity contribution in [2.75, 3.05) is 5.73 Å². The highest BCUT2D eigenvalue weighted by Gasteiger charge is 2.10. The molecule has 0 saturated heterocycles. The molecule has 0 saturated carbocycles. The predicted octanol–water partition coefficient (Wildman–Crippen LogP) is 2.49. The second kappa shape index (κ2) is 6.41. The number of carbonyl (C=O) groups excluding carboxylic acids is 2. The van der Waals surface area contributed by atoms with Crippen molar-refractivity contribution in [3.05, 3.63) is 63.6 Å². The largest absolute Gasteiger partial charge is 0.457 e. The monoisotopic (exact) mass is 348 g/mol. The van der Waals surface area contributed by atoms with E-state index in [9.17, 15) is 9.59 Å². The van der Waals surface area contributed by atoms with Crippen LogP contribution in [0.1, 0.15) is 26.3 Å². The van der Waals surface area contributed by atoms with Gasteiger partial charge >= 0.3 is 5.97 Å². The molecular formula is C15H13BrN2O3. The number of rotatable bonds is 4. The lowest BCUT2D eigenvalue weighted by atomic mass is 10.1. The van der Waals surface area contributed by atoms with Crippen LogP contribution >= 0.6 is 15.9 Å². The molecule has 0 atom stereocenters. The van der Waals surface area contributed by atoms with E-state index in [0.717, 1.165) is 0 Å². The number of nitrogen functional groups attached to an aromatic ring is 1. The minimum Gasteiger partial charge on any atom is -0.457 e. The number of carbonyl (C=O) groups is 2. The molecule has 0 radical (unpaired) electrons. The Hall–Kier alpha value is -2.34. The molecule has 2 aromatic rings. The molecule has 5 nitrogen and oxygen atoms in total. The lowest BCUT2D eigenvalue weighted by Gasteiger charge is -2.07. The Balaban J connectivity index is 2.05. The molecule has 21 heavy (non-hydrogen) atoms. The zero-order chi connectivity index (χ0) is 15.4. The van der Waals surface area contributed by atoms with Gasteiger partial charge in [0.2, 0.25) is 5.91 Å². The Morgan fingerprint density at radius 3 is 2.52 bits per heavy atom. The predicted molar refractivity (Wildman–Crippen MR) is 82.6 cm³/mol. The number of hydrogen-bond donors (Lipinski definition) is 2. The number of ether oxygens (including phenoxy) is 1. The average molecular weight is 349 g/mol. The van der Waals surface area contributed by atoms with E-state index in [1.807, 2.05) is 0 Å². The fraction of sp³-hybridized carbons (Fsp3) is 0.0667. The zero-order valence-corrected chi connectivity index (χ0v) is 12.6. The van der Waals surface area contributed by atoms with Crippen molar-refractivity contribution in [1.82, 2.24) is 0 Å². The lowest BCUT2D eigenvalue weighted by molar-refractivity contribution is 0.0473. The van der Waals surface area contributed by atoms with Gasteiger partial charge in [0.25, 0.3) is 0 Å². The van der Waals surface area contributed by atoms with Gasteiger partial charge in [-0.3, -0.25) is 4.79 Å². The van der Waals surface area contributed by atoms with Gasteiger partial charge in [-0.25, -0.2) is 4.79 Å². The highest BCUT2D eigenvalue weighted by molar-refractivity contribution is 9.10. The van der Waals surface area contributed by atoms with Crippen molar-refractivity contribution in [2.45, 2.75) is 6.61 Å². The van der Waals surface area contributed by atoms with E-state index in [2.05, 4.69) is 15.9 Å². The minimum absolute atomic E-state index is 0.0515. The summed E-state index contributed by atoms with van der Waals surface area (Å²) in [6.45, 7) is 0.0515. The number of nitrogens with two attached hydrogens (primary N) is 2. The molecule has 4 N–H and O–H groups in total. The Labute approximate surface area is 130 Å². The van der Waals surface area contributed by atoms with Crippen LogP contribution < -0.4 is 11.5 Å². The van der Waals surface area contributed by atoms with Gasteiger partial charge in [0.15, 0.2) is 0 Å². The summed E-state index contributed by atoms with van der Waals surface area (Å²) in [6.07, 6.45) is 0. The maximum Gasteiger partial charge on any atom is 0.338 e. The fourth-order valence-corrected chi connectivity index (χ4v) is 1.96. The van der Waals surface area contributed by atoms with E-state index in [1.54, 1.807) is 36.4 Å². The van der Waals surface area contributed by atoms with Crippen LogP contribution in [0.3, 0.4) is 0 Å². The van der Waals surface area contributed by atoms with Gasteiger partial charge < -0.3 is 16.2 Å². The Morgan fingerprint density at radius 1 is 1.10 bits per heavy atom. The number of amides is 1. The van der Waals surface area contributed by atoms with Gasteiger partial charge in [0.1, 0.15) is 6.61 Å². The van der Waals surface area contributed by atoms with Gasteiger partial charge in [-0.2, -0.15) is 0 Å². The molecule has 0 fully saturated rings. The molecule has 0 bridgehead atoms. The summed E-state index contributed by atoms with van der Waals surface area (Å²) < 4.78 is 5.90. The Bertz CT molecular complexity index is 701. The molecule has 0 heterocycles. The second-order valence-electron chi connectivity index (χ2n) is 4.38. The van der Waals surface area contributed by atoms with Gasteiger partial charge in [-0.1, -0.05) is 12.1 Å². The van der Waals surface area contributed by atoms with E-state index in [4.69, 9.17) is 16.2 Å². The van der Waals surface area contributed by atoms with Crippen LogP contribution in [0.15, 0.2) is 46.9 Å². The van der Waals surface area contributed by atoms with Crippen molar-refractivity contribution < 1.29 is 14.3 Å². The normalized spacial score (nSPS) is 10.1. The summed E-state index contributed by atoms with van der Waals surface area (Å²) in [4.78, 5) is 23.0. The first kappa shape index (κ1) is 15.1. The molecule has 0 spiro atoms. The molecule has 0 aliphatic carbocycles. The molecule has 108 valence electrons. The summed E-state index contributed by atoms with van der Waals surface area (Å²) in [7, 11) is 0. The van der Waals surface area contributed by atoms with Gasteiger partial charge in [-0.05, 0) is 51.8 Å². The molecule has 6 heteroatoms. The number of anilines is 1. The third-order valence-electron chi connectivity index (χ3n) is 2.81. The van der Waals surface area contributed by atoms with E-state index in [-0.39, 0.29) is 6.61 Å². The van der Waals surface area contributed by atoms with Crippen molar-refractivity contribution in [2.24, 2.45) is 5.73 Å². The first-order valence-corrected chi connectivity index (χ1v) is 6.87. The smallest absolute Gasteiger partial charge is 0.338 e. The standard InChI is InChI=1S/C15H13BrN2O3/c16-12-5-4-11(7-13(12)17)15(20)21-8-9-2-1-3-10(6-9)14(18)19/h1-7H,8,17H2,(H2,18,19). The van der Waals surface area contributed by atoms with Crippen molar-refractivity contribution in [1.29, 1.82) is 0 Å². The molecule has 0 aliphatic rings. The van der Waals surface area contributed by atoms with E-state index >= 15 is 0 Å². The van der Waals surface area contributed by atoms with Crippen LogP contribution in [0.2, 0.25) is 0 Å². The number of hydrogen-bond acceptors (Lipinski definition) is 4. The molecule has 2 aromatic carbocycles. The summed E-state index contributed by atoms with van der Waals surface area (Å²) in [6, 6.07) is 11.4. The maximum absolute atomic E-state index is 11.9.